The summed E-state index contributed by atoms with van der Waals surface area (Å²) in [6, 6.07) is 12.5. The van der Waals surface area contributed by atoms with Crippen LogP contribution in [0.3, 0.4) is 0 Å². The molecule has 3 N–H and O–H groups in total. The highest BCUT2D eigenvalue weighted by Gasteiger charge is 2.12. The van der Waals surface area contributed by atoms with Crippen LogP contribution in [0, 0.1) is 0 Å². The molecular weight excluding hydrogens is 451 g/mol. The molecule has 0 heterocycles. The van der Waals surface area contributed by atoms with E-state index in [4.69, 9.17) is 23.2 Å². The number of rotatable bonds is 11. The minimum Gasteiger partial charge on any atom is -0.350 e. The van der Waals surface area contributed by atoms with Crippen molar-refractivity contribution in [3.8, 4) is 0 Å². The van der Waals surface area contributed by atoms with Crippen LogP contribution < -0.4 is 16.0 Å². The molecule has 0 bridgehead atoms. The molecule has 0 aliphatic carbocycles. The molecule has 0 spiro atoms. The van der Waals surface area contributed by atoms with Crippen LogP contribution in [-0.4, -0.2) is 48.8 Å². The summed E-state index contributed by atoms with van der Waals surface area (Å²) >= 11 is 11.8. The molecule has 0 aliphatic heterocycles. The Labute approximate surface area is 198 Å². The van der Waals surface area contributed by atoms with Crippen molar-refractivity contribution in [2.45, 2.75) is 26.9 Å². The quantitative estimate of drug-likeness (QED) is 0.462. The van der Waals surface area contributed by atoms with Gasteiger partial charge in [-0.1, -0.05) is 61.3 Å². The highest BCUT2D eigenvalue weighted by atomic mass is 35.5. The third-order valence-electron chi connectivity index (χ3n) is 4.81. The van der Waals surface area contributed by atoms with Crippen molar-refractivity contribution in [2.75, 3.05) is 26.2 Å². The minimum absolute atomic E-state index is 0.185. The van der Waals surface area contributed by atoms with Gasteiger partial charge in [0.15, 0.2) is 0 Å². The third kappa shape index (κ3) is 8.49. The topological polar surface area (TPSA) is 90.5 Å². The smallest absolute Gasteiger partial charge is 0.253 e. The van der Waals surface area contributed by atoms with Gasteiger partial charge in [0.2, 0.25) is 11.8 Å². The Kier molecular flexibility index (Phi) is 10.5. The number of carbonyl (C=O) groups is 3. The predicted molar refractivity (Wildman–Crippen MR) is 127 cm³/mol. The normalized spacial score (nSPS) is 10.7. The molecule has 3 amide bonds. The van der Waals surface area contributed by atoms with Gasteiger partial charge in [0.25, 0.3) is 5.91 Å². The number of nitrogens with one attached hydrogen (secondary N) is 3. The Bertz CT molecular complexity index is 949. The maximum atomic E-state index is 12.1. The fourth-order valence-corrected chi connectivity index (χ4v) is 3.47. The van der Waals surface area contributed by atoms with Gasteiger partial charge in [-0.25, -0.2) is 0 Å². The van der Waals surface area contributed by atoms with E-state index in [0.717, 1.165) is 25.2 Å². The molecule has 172 valence electrons. The van der Waals surface area contributed by atoms with Gasteiger partial charge < -0.3 is 16.0 Å². The summed E-state index contributed by atoms with van der Waals surface area (Å²) in [6.45, 7) is 6.97. The first-order valence-electron chi connectivity index (χ1n) is 10.4. The van der Waals surface area contributed by atoms with Crippen LogP contribution in [0.4, 0.5) is 0 Å². The van der Waals surface area contributed by atoms with E-state index in [0.29, 0.717) is 11.6 Å². The zero-order valence-corrected chi connectivity index (χ0v) is 19.7. The van der Waals surface area contributed by atoms with E-state index in [-0.39, 0.29) is 29.6 Å². The predicted octanol–water partition coefficient (Wildman–Crippen LogP) is 3.00. The first-order valence-corrected chi connectivity index (χ1v) is 11.1. The van der Waals surface area contributed by atoms with Crippen LogP contribution in [0.1, 0.15) is 35.3 Å². The van der Waals surface area contributed by atoms with E-state index in [1.54, 1.807) is 0 Å². The molecule has 2 aromatic rings. The number of amides is 3. The van der Waals surface area contributed by atoms with Gasteiger partial charge in [-0.05, 0) is 42.4 Å². The fraction of sp³-hybridized carbons (Fsp3) is 0.348. The second-order valence-corrected chi connectivity index (χ2v) is 7.99. The molecule has 2 aromatic carbocycles. The summed E-state index contributed by atoms with van der Waals surface area (Å²) in [5.74, 6) is -1.31. The average Bonchev–Trinajstić information content (AvgIpc) is 2.78. The number of hydrogen-bond donors (Lipinski definition) is 3. The van der Waals surface area contributed by atoms with Crippen molar-refractivity contribution in [3.63, 3.8) is 0 Å². The molecule has 0 fully saturated rings. The standard InChI is InChI=1S/C23H28Cl2N4O3/c1-3-29(4-2)15-17-7-5-6-16(10-17)12-26-21(30)13-27-22(31)14-28-23(32)19-9-8-18(24)11-20(19)25/h5-11H,3-4,12-15H2,1-2H3,(H,26,30)(H,27,31)(H,28,32). The Hall–Kier alpha value is -2.61. The molecule has 32 heavy (non-hydrogen) atoms. The summed E-state index contributed by atoms with van der Waals surface area (Å²) < 4.78 is 0. The monoisotopic (exact) mass is 478 g/mol. The Morgan fingerprint density at radius 1 is 0.844 bits per heavy atom. The number of benzene rings is 2. The highest BCUT2D eigenvalue weighted by Crippen LogP contribution is 2.20. The van der Waals surface area contributed by atoms with Crippen LogP contribution in [-0.2, 0) is 22.7 Å². The van der Waals surface area contributed by atoms with Crippen LogP contribution in [0.25, 0.3) is 0 Å². The number of hydrogen-bond acceptors (Lipinski definition) is 4. The van der Waals surface area contributed by atoms with Crippen molar-refractivity contribution < 1.29 is 14.4 Å². The van der Waals surface area contributed by atoms with Crippen molar-refractivity contribution in [1.29, 1.82) is 0 Å². The zero-order chi connectivity index (χ0) is 23.5. The van der Waals surface area contributed by atoms with Crippen molar-refractivity contribution >= 4 is 40.9 Å². The summed E-state index contributed by atoms with van der Waals surface area (Å²) in [5, 5.41) is 8.31. The number of carbonyl (C=O) groups excluding carboxylic acids is 3. The molecule has 9 heteroatoms. The van der Waals surface area contributed by atoms with Crippen molar-refractivity contribution in [2.24, 2.45) is 0 Å². The second kappa shape index (κ2) is 13.1. The maximum absolute atomic E-state index is 12.1. The molecular formula is C23H28Cl2N4O3. The Morgan fingerprint density at radius 2 is 1.50 bits per heavy atom. The molecule has 0 saturated heterocycles. The van der Waals surface area contributed by atoms with Gasteiger partial charge in [-0.3, -0.25) is 19.3 Å². The van der Waals surface area contributed by atoms with E-state index in [2.05, 4.69) is 46.8 Å². The fourth-order valence-electron chi connectivity index (χ4n) is 2.98. The summed E-state index contributed by atoms with van der Waals surface area (Å²) in [4.78, 5) is 38.4. The van der Waals surface area contributed by atoms with Gasteiger partial charge in [0.05, 0.1) is 23.7 Å². The van der Waals surface area contributed by atoms with E-state index < -0.39 is 11.8 Å². The Morgan fingerprint density at radius 3 is 2.19 bits per heavy atom. The largest absolute Gasteiger partial charge is 0.350 e. The van der Waals surface area contributed by atoms with Gasteiger partial charge in [-0.15, -0.1) is 0 Å². The highest BCUT2D eigenvalue weighted by molar-refractivity contribution is 6.36. The number of nitrogens with zero attached hydrogens (tertiary/aromatic N) is 1. The van der Waals surface area contributed by atoms with Gasteiger partial charge in [0, 0.05) is 18.1 Å². The molecule has 2 rings (SSSR count). The van der Waals surface area contributed by atoms with E-state index in [1.807, 2.05) is 12.1 Å². The Balaban J connectivity index is 1.72. The van der Waals surface area contributed by atoms with E-state index in [1.165, 1.54) is 23.8 Å². The van der Waals surface area contributed by atoms with Crippen molar-refractivity contribution in [1.82, 2.24) is 20.9 Å². The van der Waals surface area contributed by atoms with Gasteiger partial charge >= 0.3 is 0 Å². The third-order valence-corrected chi connectivity index (χ3v) is 5.36. The van der Waals surface area contributed by atoms with Crippen molar-refractivity contribution in [3.05, 3.63) is 69.2 Å². The van der Waals surface area contributed by atoms with Gasteiger partial charge in [-0.2, -0.15) is 0 Å². The van der Waals surface area contributed by atoms with E-state index in [9.17, 15) is 14.4 Å². The molecule has 0 atom stereocenters. The molecule has 0 saturated carbocycles. The van der Waals surface area contributed by atoms with Crippen LogP contribution in [0.15, 0.2) is 42.5 Å². The maximum Gasteiger partial charge on any atom is 0.253 e. The first kappa shape index (κ1) is 25.6. The zero-order valence-electron chi connectivity index (χ0n) is 18.2. The average molecular weight is 479 g/mol. The summed E-state index contributed by atoms with van der Waals surface area (Å²) in [6.07, 6.45) is 0. The van der Waals surface area contributed by atoms with Gasteiger partial charge in [0.1, 0.15) is 0 Å². The number of halogens is 2. The lowest BCUT2D eigenvalue weighted by Crippen LogP contribution is -2.41. The minimum atomic E-state index is -0.504. The van der Waals surface area contributed by atoms with Crippen LogP contribution in [0.5, 0.6) is 0 Å². The second-order valence-electron chi connectivity index (χ2n) is 7.14. The lowest BCUT2D eigenvalue weighted by molar-refractivity contribution is -0.125. The SMILES string of the molecule is CCN(CC)Cc1cccc(CNC(=O)CNC(=O)CNC(=O)c2ccc(Cl)cc2Cl)c1. The molecule has 0 unspecified atom stereocenters. The lowest BCUT2D eigenvalue weighted by atomic mass is 10.1. The molecule has 0 aliphatic rings. The first-order chi connectivity index (χ1) is 15.3. The van der Waals surface area contributed by atoms with E-state index >= 15 is 0 Å². The molecule has 0 aromatic heterocycles. The lowest BCUT2D eigenvalue weighted by Gasteiger charge is -2.18. The van der Waals surface area contributed by atoms with Crippen LogP contribution in [0.2, 0.25) is 10.0 Å². The summed E-state index contributed by atoms with van der Waals surface area (Å²) in [7, 11) is 0. The molecule has 7 nitrogen and oxygen atoms in total. The molecule has 0 radical (unpaired) electrons. The van der Waals surface area contributed by atoms with Crippen LogP contribution >= 0.6 is 23.2 Å². The summed E-state index contributed by atoms with van der Waals surface area (Å²) in [5.41, 5.74) is 2.39.